The lowest BCUT2D eigenvalue weighted by Gasteiger charge is -2.14. The summed E-state index contributed by atoms with van der Waals surface area (Å²) in [5.74, 6) is 0.583. The van der Waals surface area contributed by atoms with Gasteiger partial charge in [0.2, 0.25) is 0 Å². The Morgan fingerprint density at radius 2 is 2.00 bits per heavy atom. The van der Waals surface area contributed by atoms with Gasteiger partial charge in [-0.25, -0.2) is 14.5 Å². The first-order valence-electron chi connectivity index (χ1n) is 8.71. The second-order valence-corrected chi connectivity index (χ2v) is 6.05. The van der Waals surface area contributed by atoms with Gasteiger partial charge in [0.05, 0.1) is 7.11 Å². The van der Waals surface area contributed by atoms with Crippen molar-refractivity contribution in [2.75, 3.05) is 19.0 Å². The summed E-state index contributed by atoms with van der Waals surface area (Å²) in [4.78, 5) is 16.4. The molecule has 2 aromatic heterocycles. The normalized spacial score (nSPS) is 11.1. The zero-order valence-corrected chi connectivity index (χ0v) is 15.8. The Morgan fingerprint density at radius 1 is 1.17 bits per heavy atom. The van der Waals surface area contributed by atoms with E-state index in [9.17, 15) is 18.0 Å². The first kappa shape index (κ1) is 21.0. The van der Waals surface area contributed by atoms with Gasteiger partial charge in [0, 0.05) is 36.9 Å². The lowest BCUT2D eigenvalue weighted by atomic mass is 10.2. The fourth-order valence-electron chi connectivity index (χ4n) is 2.48. The number of halogens is 3. The van der Waals surface area contributed by atoms with Gasteiger partial charge in [-0.2, -0.15) is 18.3 Å². The Labute approximate surface area is 169 Å². The molecule has 11 heteroatoms. The summed E-state index contributed by atoms with van der Waals surface area (Å²) < 4.78 is 48.6. The molecule has 0 saturated heterocycles. The summed E-state index contributed by atoms with van der Waals surface area (Å²) in [6.45, 7) is -1.27. The largest absolute Gasteiger partial charge is 0.493 e. The number of aromatic nitrogens is 3. The monoisotopic (exact) mass is 421 g/mol. The number of pyridine rings is 1. The smallest absolute Gasteiger partial charge is 0.422 e. The number of ether oxygens (including phenoxy) is 2. The highest BCUT2D eigenvalue weighted by molar-refractivity contribution is 5.89. The first-order valence-corrected chi connectivity index (χ1v) is 8.71. The van der Waals surface area contributed by atoms with Crippen LogP contribution in [0.15, 0.2) is 55.0 Å². The van der Waals surface area contributed by atoms with E-state index in [1.165, 1.54) is 25.3 Å². The third-order valence-corrected chi connectivity index (χ3v) is 3.81. The topological polar surface area (TPSA) is 90.3 Å². The zero-order chi connectivity index (χ0) is 21.6. The predicted molar refractivity (Wildman–Crippen MR) is 102 cm³/mol. The number of carbonyl (C=O) groups excluding carboxylic acids is 1. The van der Waals surface area contributed by atoms with E-state index in [1.807, 2.05) is 0 Å². The average molecular weight is 421 g/mol. The highest BCUT2D eigenvalue weighted by atomic mass is 19.4. The molecule has 30 heavy (non-hydrogen) atoms. The third-order valence-electron chi connectivity index (χ3n) is 3.81. The summed E-state index contributed by atoms with van der Waals surface area (Å²) in [7, 11) is 1.31. The molecule has 8 nitrogen and oxygen atoms in total. The Morgan fingerprint density at radius 3 is 2.70 bits per heavy atom. The van der Waals surface area contributed by atoms with Crippen molar-refractivity contribution in [1.82, 2.24) is 20.1 Å². The number of hydrogen-bond donors (Lipinski definition) is 2. The molecule has 2 amide bonds. The van der Waals surface area contributed by atoms with Crippen LogP contribution in [0.3, 0.4) is 0 Å². The van der Waals surface area contributed by atoms with Crippen molar-refractivity contribution in [3.63, 3.8) is 0 Å². The quantitative estimate of drug-likeness (QED) is 0.609. The number of anilines is 1. The fraction of sp³-hybridized carbons (Fsp3) is 0.211. The Hall–Kier alpha value is -3.76. The molecule has 0 aliphatic heterocycles. The summed E-state index contributed by atoms with van der Waals surface area (Å²) >= 11 is 0. The number of alkyl halides is 3. The van der Waals surface area contributed by atoms with Crippen molar-refractivity contribution >= 4 is 11.7 Å². The van der Waals surface area contributed by atoms with E-state index in [-0.39, 0.29) is 23.7 Å². The highest BCUT2D eigenvalue weighted by Gasteiger charge is 2.29. The summed E-state index contributed by atoms with van der Waals surface area (Å²) in [5, 5.41) is 9.30. The number of carbonyl (C=O) groups is 1. The number of amides is 2. The van der Waals surface area contributed by atoms with E-state index in [0.717, 1.165) is 5.56 Å². The molecule has 0 fully saturated rings. The van der Waals surface area contributed by atoms with E-state index < -0.39 is 18.8 Å². The summed E-state index contributed by atoms with van der Waals surface area (Å²) in [6.07, 6.45) is 0.473. The molecular formula is C19H18F3N5O3. The van der Waals surface area contributed by atoms with Gasteiger partial charge in [0.15, 0.2) is 23.9 Å². The van der Waals surface area contributed by atoms with Crippen LogP contribution in [-0.4, -0.2) is 40.7 Å². The molecule has 3 aromatic rings. The molecule has 0 spiro atoms. The Balaban J connectivity index is 1.60. The molecule has 158 valence electrons. The predicted octanol–water partition coefficient (Wildman–Crippen LogP) is 3.54. The molecule has 2 heterocycles. The minimum atomic E-state index is -4.49. The molecule has 0 atom stereocenters. The maximum Gasteiger partial charge on any atom is 0.422 e. The van der Waals surface area contributed by atoms with Gasteiger partial charge < -0.3 is 20.1 Å². The molecule has 3 rings (SSSR count). The molecule has 0 bridgehead atoms. The molecule has 0 unspecified atom stereocenters. The van der Waals surface area contributed by atoms with E-state index in [0.29, 0.717) is 5.82 Å². The minimum absolute atomic E-state index is 0.119. The number of hydrogen-bond acceptors (Lipinski definition) is 5. The number of nitrogens with zero attached hydrogens (tertiary/aromatic N) is 3. The van der Waals surface area contributed by atoms with E-state index in [4.69, 9.17) is 9.47 Å². The number of urea groups is 1. The molecule has 0 aliphatic rings. The SMILES string of the molecule is COc1ccc(NC(=O)NCc2ccnc(-n3cccn3)c2)cc1OCC(F)(F)F. The van der Waals surface area contributed by atoms with Crippen LogP contribution in [0.25, 0.3) is 5.82 Å². The number of nitrogens with one attached hydrogen (secondary N) is 2. The first-order chi connectivity index (χ1) is 14.3. The Kier molecular flexibility index (Phi) is 6.40. The average Bonchev–Trinajstić information content (AvgIpc) is 3.25. The van der Waals surface area contributed by atoms with Crippen molar-refractivity contribution in [3.8, 4) is 17.3 Å². The molecule has 1 aromatic carbocycles. The second kappa shape index (κ2) is 9.16. The molecule has 0 radical (unpaired) electrons. The minimum Gasteiger partial charge on any atom is -0.493 e. The van der Waals surface area contributed by atoms with Crippen LogP contribution < -0.4 is 20.1 Å². The van der Waals surface area contributed by atoms with Crippen LogP contribution in [0, 0.1) is 0 Å². The fourth-order valence-corrected chi connectivity index (χ4v) is 2.48. The van der Waals surface area contributed by atoms with Crippen LogP contribution in [0.5, 0.6) is 11.5 Å². The van der Waals surface area contributed by atoms with Crippen LogP contribution >= 0.6 is 0 Å². The molecule has 2 N–H and O–H groups in total. The maximum absolute atomic E-state index is 12.4. The van der Waals surface area contributed by atoms with Gasteiger partial charge in [0.25, 0.3) is 0 Å². The van der Waals surface area contributed by atoms with Crippen LogP contribution in [0.1, 0.15) is 5.56 Å². The van der Waals surface area contributed by atoms with Crippen molar-refractivity contribution in [2.24, 2.45) is 0 Å². The van der Waals surface area contributed by atoms with Gasteiger partial charge in [-0.1, -0.05) is 0 Å². The maximum atomic E-state index is 12.4. The molecule has 0 aliphatic carbocycles. The molecular weight excluding hydrogens is 403 g/mol. The number of rotatable bonds is 7. The van der Waals surface area contributed by atoms with Crippen molar-refractivity contribution in [1.29, 1.82) is 0 Å². The van der Waals surface area contributed by atoms with Crippen LogP contribution in [-0.2, 0) is 6.54 Å². The molecule has 0 saturated carbocycles. The number of methoxy groups -OCH3 is 1. The number of benzene rings is 1. The summed E-state index contributed by atoms with van der Waals surface area (Å²) in [6, 6.07) is 8.88. The lowest BCUT2D eigenvalue weighted by Crippen LogP contribution is -2.28. The van der Waals surface area contributed by atoms with E-state index in [1.54, 1.807) is 41.5 Å². The van der Waals surface area contributed by atoms with Crippen molar-refractivity contribution in [2.45, 2.75) is 12.7 Å². The Bertz CT molecular complexity index is 993. The van der Waals surface area contributed by atoms with E-state index >= 15 is 0 Å². The van der Waals surface area contributed by atoms with Gasteiger partial charge in [-0.3, -0.25) is 0 Å². The second-order valence-electron chi connectivity index (χ2n) is 6.05. The third kappa shape index (κ3) is 5.87. The zero-order valence-electron chi connectivity index (χ0n) is 15.8. The highest BCUT2D eigenvalue weighted by Crippen LogP contribution is 2.31. The van der Waals surface area contributed by atoms with E-state index in [2.05, 4.69) is 20.7 Å². The van der Waals surface area contributed by atoms with Crippen LogP contribution in [0.2, 0.25) is 0 Å². The van der Waals surface area contributed by atoms with Gasteiger partial charge in [0.1, 0.15) is 0 Å². The standard InChI is InChI=1S/C19H18F3N5O3/c1-29-15-4-3-14(10-16(15)30-12-19(20,21)22)26-18(28)24-11-13-5-7-23-17(9-13)27-8-2-6-25-27/h2-10H,11-12H2,1H3,(H2,24,26,28). The van der Waals surface area contributed by atoms with Gasteiger partial charge >= 0.3 is 12.2 Å². The van der Waals surface area contributed by atoms with Crippen LogP contribution in [0.4, 0.5) is 23.7 Å². The summed E-state index contributed by atoms with van der Waals surface area (Å²) in [5.41, 5.74) is 1.03. The van der Waals surface area contributed by atoms with Crippen molar-refractivity contribution < 1.29 is 27.4 Å². The van der Waals surface area contributed by atoms with Crippen molar-refractivity contribution in [3.05, 3.63) is 60.6 Å². The van der Waals surface area contributed by atoms with Gasteiger partial charge in [-0.05, 0) is 35.9 Å². The van der Waals surface area contributed by atoms with Gasteiger partial charge in [-0.15, -0.1) is 0 Å². The lowest BCUT2D eigenvalue weighted by molar-refractivity contribution is -0.153.